The number of anilines is 2. The van der Waals surface area contributed by atoms with Crippen molar-refractivity contribution in [3.05, 3.63) is 72.6 Å². The van der Waals surface area contributed by atoms with Gasteiger partial charge in [0, 0.05) is 37.0 Å². The predicted molar refractivity (Wildman–Crippen MR) is 111 cm³/mol. The lowest BCUT2D eigenvalue weighted by Crippen LogP contribution is -2.34. The number of nitrogens with one attached hydrogen (secondary N) is 2. The highest BCUT2D eigenvalue weighted by atomic mass is 19.2. The highest BCUT2D eigenvalue weighted by Gasteiger charge is 2.23. The first-order valence-electron chi connectivity index (χ1n) is 9.71. The van der Waals surface area contributed by atoms with Crippen molar-refractivity contribution in [2.24, 2.45) is 5.92 Å². The van der Waals surface area contributed by atoms with E-state index in [0.29, 0.717) is 30.3 Å². The second-order valence-corrected chi connectivity index (χ2v) is 7.20. The number of hydrogen-bond acceptors (Lipinski definition) is 4. The quantitative estimate of drug-likeness (QED) is 0.667. The minimum absolute atomic E-state index is 0.223. The molecule has 154 valence electrons. The number of aromatic nitrogens is 2. The molecular formula is C22H21F2N5O. The molecule has 0 radical (unpaired) electrons. The second-order valence-electron chi connectivity index (χ2n) is 7.20. The Hall–Kier alpha value is -3.55. The fourth-order valence-electron chi connectivity index (χ4n) is 3.46. The van der Waals surface area contributed by atoms with E-state index in [1.54, 1.807) is 18.5 Å². The van der Waals surface area contributed by atoms with Gasteiger partial charge in [0.15, 0.2) is 17.5 Å². The molecule has 0 spiro atoms. The Morgan fingerprint density at radius 1 is 1.07 bits per heavy atom. The van der Waals surface area contributed by atoms with Crippen LogP contribution >= 0.6 is 0 Å². The number of amides is 2. The Labute approximate surface area is 173 Å². The van der Waals surface area contributed by atoms with E-state index in [1.807, 2.05) is 35.2 Å². The minimum atomic E-state index is -0.853. The first-order valence-corrected chi connectivity index (χ1v) is 9.71. The summed E-state index contributed by atoms with van der Waals surface area (Å²) in [5, 5.41) is 5.57. The normalized spacial score (nSPS) is 15.8. The first kappa shape index (κ1) is 19.8. The monoisotopic (exact) mass is 409 g/mol. The van der Waals surface area contributed by atoms with Crippen molar-refractivity contribution in [2.75, 3.05) is 29.9 Å². The van der Waals surface area contributed by atoms with E-state index < -0.39 is 11.6 Å². The summed E-state index contributed by atoms with van der Waals surface area (Å²) in [7, 11) is 0. The Morgan fingerprint density at radius 2 is 1.83 bits per heavy atom. The SMILES string of the molecule is O=C(NCC1CCN(c2ccc(F)c(F)c2)C1)Nc1cnc(-c2ccccc2)nc1. The molecule has 1 fully saturated rings. The fourth-order valence-corrected chi connectivity index (χ4v) is 3.46. The molecule has 4 rings (SSSR count). The third-order valence-electron chi connectivity index (χ3n) is 5.05. The number of carbonyl (C=O) groups excluding carboxylic acids is 1. The van der Waals surface area contributed by atoms with E-state index in [0.717, 1.165) is 24.6 Å². The molecule has 2 aromatic carbocycles. The molecule has 2 amide bonds. The molecule has 3 aromatic rings. The van der Waals surface area contributed by atoms with Gasteiger partial charge in [0.1, 0.15) is 0 Å². The van der Waals surface area contributed by atoms with Crippen molar-refractivity contribution in [1.29, 1.82) is 0 Å². The minimum Gasteiger partial charge on any atom is -0.371 e. The highest BCUT2D eigenvalue weighted by Crippen LogP contribution is 2.25. The smallest absolute Gasteiger partial charge is 0.319 e. The zero-order valence-corrected chi connectivity index (χ0v) is 16.2. The molecular weight excluding hydrogens is 388 g/mol. The van der Waals surface area contributed by atoms with Crippen LogP contribution in [0.5, 0.6) is 0 Å². The molecule has 1 atom stereocenters. The zero-order valence-electron chi connectivity index (χ0n) is 16.2. The van der Waals surface area contributed by atoms with Gasteiger partial charge in [-0.15, -0.1) is 0 Å². The average molecular weight is 409 g/mol. The lowest BCUT2D eigenvalue weighted by Gasteiger charge is -2.19. The number of rotatable bonds is 5. The lowest BCUT2D eigenvalue weighted by atomic mass is 10.1. The van der Waals surface area contributed by atoms with E-state index in [9.17, 15) is 13.6 Å². The molecule has 1 aliphatic rings. The summed E-state index contributed by atoms with van der Waals surface area (Å²) >= 11 is 0. The Bertz CT molecular complexity index is 1010. The van der Waals surface area contributed by atoms with Crippen molar-refractivity contribution >= 4 is 17.4 Å². The van der Waals surface area contributed by atoms with Crippen LogP contribution in [0.3, 0.4) is 0 Å². The molecule has 2 N–H and O–H groups in total. The van der Waals surface area contributed by atoms with Gasteiger partial charge < -0.3 is 15.5 Å². The molecule has 1 saturated heterocycles. The molecule has 30 heavy (non-hydrogen) atoms. The molecule has 1 aliphatic heterocycles. The van der Waals surface area contributed by atoms with Crippen LogP contribution in [-0.2, 0) is 0 Å². The Morgan fingerprint density at radius 3 is 2.57 bits per heavy atom. The van der Waals surface area contributed by atoms with Gasteiger partial charge in [0.25, 0.3) is 0 Å². The molecule has 8 heteroatoms. The molecule has 1 aromatic heterocycles. The summed E-state index contributed by atoms with van der Waals surface area (Å²) in [5.74, 6) is -0.895. The summed E-state index contributed by atoms with van der Waals surface area (Å²) in [4.78, 5) is 22.7. The number of carbonyl (C=O) groups is 1. The lowest BCUT2D eigenvalue weighted by molar-refractivity contribution is 0.250. The molecule has 0 saturated carbocycles. The highest BCUT2D eigenvalue weighted by molar-refractivity contribution is 5.88. The number of halogens is 2. The Balaban J connectivity index is 1.25. The fraction of sp³-hybridized carbons (Fsp3) is 0.227. The maximum absolute atomic E-state index is 13.4. The molecule has 6 nitrogen and oxygen atoms in total. The van der Waals surface area contributed by atoms with Crippen molar-refractivity contribution in [1.82, 2.24) is 15.3 Å². The van der Waals surface area contributed by atoms with Gasteiger partial charge in [-0.25, -0.2) is 23.5 Å². The van der Waals surface area contributed by atoms with Crippen molar-refractivity contribution in [3.8, 4) is 11.4 Å². The van der Waals surface area contributed by atoms with E-state index in [4.69, 9.17) is 0 Å². The van der Waals surface area contributed by atoms with E-state index in [-0.39, 0.29) is 11.9 Å². The summed E-state index contributed by atoms with van der Waals surface area (Å²) in [6.07, 6.45) is 3.98. The van der Waals surface area contributed by atoms with E-state index in [2.05, 4.69) is 20.6 Å². The van der Waals surface area contributed by atoms with Crippen molar-refractivity contribution in [3.63, 3.8) is 0 Å². The maximum atomic E-state index is 13.4. The summed E-state index contributed by atoms with van der Waals surface area (Å²) in [6.45, 7) is 1.88. The molecule has 0 aliphatic carbocycles. The van der Waals surface area contributed by atoms with Crippen LogP contribution in [0.1, 0.15) is 6.42 Å². The van der Waals surface area contributed by atoms with Crippen LogP contribution in [0.4, 0.5) is 25.0 Å². The molecule has 0 bridgehead atoms. The number of urea groups is 1. The summed E-state index contributed by atoms with van der Waals surface area (Å²) in [5.41, 5.74) is 2.05. The number of benzene rings is 2. The molecule has 2 heterocycles. The average Bonchev–Trinajstić information content (AvgIpc) is 3.24. The van der Waals surface area contributed by atoms with Crippen LogP contribution in [0.25, 0.3) is 11.4 Å². The maximum Gasteiger partial charge on any atom is 0.319 e. The van der Waals surface area contributed by atoms with Gasteiger partial charge in [-0.05, 0) is 24.5 Å². The van der Waals surface area contributed by atoms with Crippen LogP contribution in [0.15, 0.2) is 60.9 Å². The van der Waals surface area contributed by atoms with E-state index >= 15 is 0 Å². The predicted octanol–water partition coefficient (Wildman–Crippen LogP) is 4.07. The van der Waals surface area contributed by atoms with Gasteiger partial charge in [0.2, 0.25) is 0 Å². The van der Waals surface area contributed by atoms with Crippen molar-refractivity contribution < 1.29 is 13.6 Å². The van der Waals surface area contributed by atoms with Gasteiger partial charge >= 0.3 is 6.03 Å². The standard InChI is InChI=1S/C22H21F2N5O/c23-19-7-6-18(10-20(19)24)29-9-8-15(14-29)11-27-22(30)28-17-12-25-21(26-13-17)16-4-2-1-3-5-16/h1-7,10,12-13,15H,8-9,11,14H2,(H2,27,28,30). The first-order chi connectivity index (χ1) is 14.6. The largest absolute Gasteiger partial charge is 0.371 e. The Kier molecular flexibility index (Phi) is 5.83. The third-order valence-corrected chi connectivity index (χ3v) is 5.05. The number of nitrogens with zero attached hydrogens (tertiary/aromatic N) is 3. The van der Waals surface area contributed by atoms with Gasteiger partial charge in [0.05, 0.1) is 18.1 Å². The van der Waals surface area contributed by atoms with E-state index in [1.165, 1.54) is 6.07 Å². The summed E-state index contributed by atoms with van der Waals surface area (Å²) in [6, 6.07) is 13.2. The van der Waals surface area contributed by atoms with Crippen LogP contribution in [0.2, 0.25) is 0 Å². The number of hydrogen-bond donors (Lipinski definition) is 2. The van der Waals surface area contributed by atoms with Crippen molar-refractivity contribution in [2.45, 2.75) is 6.42 Å². The van der Waals surface area contributed by atoms with Crippen LogP contribution in [0, 0.1) is 17.6 Å². The third kappa shape index (κ3) is 4.71. The van der Waals surface area contributed by atoms with Gasteiger partial charge in [-0.1, -0.05) is 30.3 Å². The second kappa shape index (κ2) is 8.86. The van der Waals surface area contributed by atoms with Gasteiger partial charge in [-0.2, -0.15) is 0 Å². The summed E-state index contributed by atoms with van der Waals surface area (Å²) < 4.78 is 26.5. The van der Waals surface area contributed by atoms with Gasteiger partial charge in [-0.3, -0.25) is 0 Å². The topological polar surface area (TPSA) is 70.2 Å². The zero-order chi connectivity index (χ0) is 20.9. The van der Waals surface area contributed by atoms with Crippen LogP contribution < -0.4 is 15.5 Å². The van der Waals surface area contributed by atoms with Crippen LogP contribution in [-0.4, -0.2) is 35.6 Å². The molecule has 1 unspecified atom stereocenters.